The Bertz CT molecular complexity index is 1140. The fourth-order valence-corrected chi connectivity index (χ4v) is 4.14. The third-order valence-electron chi connectivity index (χ3n) is 5.88. The van der Waals surface area contributed by atoms with Crippen molar-refractivity contribution in [1.29, 1.82) is 0 Å². The van der Waals surface area contributed by atoms with Gasteiger partial charge in [-0.25, -0.2) is 0 Å². The van der Waals surface area contributed by atoms with E-state index in [0.29, 0.717) is 0 Å². The average molecular weight is 406 g/mol. The van der Waals surface area contributed by atoms with Gasteiger partial charge >= 0.3 is 0 Å². The average Bonchev–Trinajstić information content (AvgIpc) is 2.85. The summed E-state index contributed by atoms with van der Waals surface area (Å²) in [5.74, 6) is 0. The van der Waals surface area contributed by atoms with E-state index in [1.54, 1.807) is 0 Å². The molecule has 2 unspecified atom stereocenters. The summed E-state index contributed by atoms with van der Waals surface area (Å²) in [5.41, 5.74) is 8.61. The van der Waals surface area contributed by atoms with E-state index >= 15 is 0 Å². The standard InChI is InChI=1S/C28H27N3/c1-20-10-12-22(13-11-20)26-19-27(31-28(30-26)23-6-3-2-4-7-23)25-9-5-8-24(18-25)21-14-16-29-17-15-21/h2-16,18-19,26,28-31H,17H2,1H3. The molecular formula is C28H27N3. The van der Waals surface area contributed by atoms with E-state index in [1.165, 1.54) is 33.4 Å². The monoisotopic (exact) mass is 405 g/mol. The fraction of sp³-hybridized carbons (Fsp3) is 0.143. The van der Waals surface area contributed by atoms with E-state index in [9.17, 15) is 0 Å². The van der Waals surface area contributed by atoms with E-state index < -0.39 is 0 Å². The van der Waals surface area contributed by atoms with E-state index in [0.717, 1.165) is 12.2 Å². The summed E-state index contributed by atoms with van der Waals surface area (Å²) in [6.45, 7) is 3.00. The van der Waals surface area contributed by atoms with Crippen molar-refractivity contribution in [3.63, 3.8) is 0 Å². The largest absolute Gasteiger partial charge is 0.387 e. The van der Waals surface area contributed by atoms with Gasteiger partial charge in [-0.2, -0.15) is 0 Å². The Labute approximate surface area is 184 Å². The minimum Gasteiger partial charge on any atom is -0.387 e. The summed E-state index contributed by atoms with van der Waals surface area (Å²) in [6.07, 6.45) is 8.72. The lowest BCUT2D eigenvalue weighted by molar-refractivity contribution is 0.442. The summed E-state index contributed by atoms with van der Waals surface area (Å²) < 4.78 is 0. The van der Waals surface area contributed by atoms with Crippen molar-refractivity contribution in [2.45, 2.75) is 19.1 Å². The Morgan fingerprint density at radius 1 is 0.806 bits per heavy atom. The van der Waals surface area contributed by atoms with Crippen molar-refractivity contribution >= 4 is 11.3 Å². The first-order valence-electron chi connectivity index (χ1n) is 10.8. The molecule has 0 saturated carbocycles. The van der Waals surface area contributed by atoms with Gasteiger partial charge in [0, 0.05) is 12.2 Å². The molecule has 0 aliphatic carbocycles. The molecule has 0 amide bonds. The Balaban J connectivity index is 1.53. The van der Waals surface area contributed by atoms with Crippen molar-refractivity contribution in [2.75, 3.05) is 6.54 Å². The molecule has 3 nitrogen and oxygen atoms in total. The zero-order valence-electron chi connectivity index (χ0n) is 17.7. The third kappa shape index (κ3) is 4.32. The number of dihydropyridines is 1. The van der Waals surface area contributed by atoms with Crippen LogP contribution in [0.4, 0.5) is 0 Å². The topological polar surface area (TPSA) is 36.1 Å². The lowest BCUT2D eigenvalue weighted by atomic mass is 9.96. The molecule has 5 rings (SSSR count). The van der Waals surface area contributed by atoms with Crippen LogP contribution in [0.25, 0.3) is 11.3 Å². The Morgan fingerprint density at radius 2 is 1.61 bits per heavy atom. The first-order valence-corrected chi connectivity index (χ1v) is 10.8. The maximum Gasteiger partial charge on any atom is 0.104 e. The van der Waals surface area contributed by atoms with Gasteiger partial charge in [0.1, 0.15) is 6.17 Å². The zero-order valence-corrected chi connectivity index (χ0v) is 17.7. The number of benzene rings is 3. The lowest BCUT2D eigenvalue weighted by Crippen LogP contribution is -2.39. The van der Waals surface area contributed by atoms with Gasteiger partial charge in [0.25, 0.3) is 0 Å². The lowest BCUT2D eigenvalue weighted by Gasteiger charge is -2.33. The molecule has 3 aromatic carbocycles. The Kier molecular flexibility index (Phi) is 5.42. The highest BCUT2D eigenvalue weighted by molar-refractivity contribution is 5.78. The highest BCUT2D eigenvalue weighted by Crippen LogP contribution is 2.31. The molecule has 154 valence electrons. The van der Waals surface area contributed by atoms with Crippen molar-refractivity contribution < 1.29 is 0 Å². The third-order valence-corrected chi connectivity index (χ3v) is 5.88. The molecule has 0 fully saturated rings. The second-order valence-corrected chi connectivity index (χ2v) is 8.11. The van der Waals surface area contributed by atoms with Crippen LogP contribution in [0.5, 0.6) is 0 Å². The Morgan fingerprint density at radius 3 is 2.39 bits per heavy atom. The van der Waals surface area contributed by atoms with Crippen molar-refractivity contribution in [3.8, 4) is 0 Å². The first kappa shape index (κ1) is 19.4. The maximum atomic E-state index is 3.76. The van der Waals surface area contributed by atoms with Crippen LogP contribution in [0.2, 0.25) is 0 Å². The van der Waals surface area contributed by atoms with Gasteiger partial charge in [0.15, 0.2) is 0 Å². The summed E-state index contributed by atoms with van der Waals surface area (Å²) in [7, 11) is 0. The molecule has 31 heavy (non-hydrogen) atoms. The zero-order chi connectivity index (χ0) is 21.0. The quantitative estimate of drug-likeness (QED) is 0.539. The minimum atomic E-state index is 0.0363. The molecule has 3 N–H and O–H groups in total. The molecule has 0 saturated heterocycles. The second-order valence-electron chi connectivity index (χ2n) is 8.11. The van der Waals surface area contributed by atoms with Gasteiger partial charge in [-0.1, -0.05) is 84.4 Å². The van der Waals surface area contributed by atoms with Crippen molar-refractivity contribution in [2.24, 2.45) is 0 Å². The molecule has 0 spiro atoms. The highest BCUT2D eigenvalue weighted by atomic mass is 15.2. The number of hydrogen-bond donors (Lipinski definition) is 3. The van der Waals surface area contributed by atoms with E-state index in [-0.39, 0.29) is 12.2 Å². The summed E-state index contributed by atoms with van der Waals surface area (Å²) >= 11 is 0. The molecule has 2 aliphatic heterocycles. The van der Waals surface area contributed by atoms with Gasteiger partial charge in [0.05, 0.1) is 6.04 Å². The van der Waals surface area contributed by atoms with Crippen LogP contribution >= 0.6 is 0 Å². The molecule has 0 aromatic heterocycles. The molecule has 2 heterocycles. The van der Waals surface area contributed by atoms with Gasteiger partial charge in [-0.15, -0.1) is 0 Å². The van der Waals surface area contributed by atoms with Crippen LogP contribution in [0, 0.1) is 6.92 Å². The molecule has 3 aromatic rings. The molecule has 2 aliphatic rings. The summed E-state index contributed by atoms with van der Waals surface area (Å²) in [6, 6.07) is 28.3. The van der Waals surface area contributed by atoms with Gasteiger partial charge < -0.3 is 10.6 Å². The van der Waals surface area contributed by atoms with Crippen LogP contribution in [0.3, 0.4) is 0 Å². The van der Waals surface area contributed by atoms with Gasteiger partial charge in [0.2, 0.25) is 0 Å². The number of nitrogens with one attached hydrogen (secondary N) is 3. The molecule has 0 bridgehead atoms. The normalized spacial score (nSPS) is 20.3. The predicted molar refractivity (Wildman–Crippen MR) is 129 cm³/mol. The van der Waals surface area contributed by atoms with Gasteiger partial charge in [-0.05, 0) is 59.2 Å². The maximum absolute atomic E-state index is 3.76. The van der Waals surface area contributed by atoms with Crippen LogP contribution < -0.4 is 16.0 Å². The van der Waals surface area contributed by atoms with Crippen LogP contribution in [0.15, 0.2) is 103 Å². The number of aryl methyl sites for hydroxylation is 1. The first-order chi connectivity index (χ1) is 15.3. The summed E-state index contributed by atoms with van der Waals surface area (Å²) in [5, 5.41) is 10.7. The smallest absolute Gasteiger partial charge is 0.104 e. The SMILES string of the molecule is Cc1ccc(C2C=C(c3cccc(C4=CCNC=C4)c3)NC(c3ccccc3)N2)cc1. The molecule has 0 radical (unpaired) electrons. The van der Waals surface area contributed by atoms with E-state index in [4.69, 9.17) is 0 Å². The highest BCUT2D eigenvalue weighted by Gasteiger charge is 2.24. The van der Waals surface area contributed by atoms with E-state index in [2.05, 4.69) is 120 Å². The number of rotatable bonds is 4. The molecule has 2 atom stereocenters. The molecule has 3 heteroatoms. The number of hydrogen-bond acceptors (Lipinski definition) is 3. The minimum absolute atomic E-state index is 0.0363. The van der Waals surface area contributed by atoms with E-state index in [1.807, 2.05) is 6.20 Å². The van der Waals surface area contributed by atoms with Gasteiger partial charge in [-0.3, -0.25) is 5.32 Å². The van der Waals surface area contributed by atoms with Crippen molar-refractivity contribution in [3.05, 3.63) is 131 Å². The summed E-state index contributed by atoms with van der Waals surface area (Å²) in [4.78, 5) is 0. The molecular weight excluding hydrogens is 378 g/mol. The van der Waals surface area contributed by atoms with Crippen LogP contribution in [0.1, 0.15) is 40.0 Å². The second kappa shape index (κ2) is 8.66. The Hall–Kier alpha value is -3.56. The predicted octanol–water partition coefficient (Wildman–Crippen LogP) is 5.47. The fourth-order valence-electron chi connectivity index (χ4n) is 4.14. The van der Waals surface area contributed by atoms with Crippen molar-refractivity contribution in [1.82, 2.24) is 16.0 Å². The number of allylic oxidation sites excluding steroid dienone is 2. The van der Waals surface area contributed by atoms with Crippen LogP contribution in [-0.2, 0) is 0 Å². The van der Waals surface area contributed by atoms with Crippen LogP contribution in [-0.4, -0.2) is 6.54 Å².